The third kappa shape index (κ3) is 3.05. The van der Waals surface area contributed by atoms with Gasteiger partial charge in [-0.2, -0.15) is 0 Å². The molecule has 74 valence electrons. The summed E-state index contributed by atoms with van der Waals surface area (Å²) in [6.45, 7) is 0. The lowest BCUT2D eigenvalue weighted by Crippen LogP contribution is -1.87. The Morgan fingerprint density at radius 1 is 1.43 bits per heavy atom. The molecule has 0 aromatic heterocycles. The Kier molecular flexibility index (Phi) is 3.98. The third-order valence-corrected chi connectivity index (χ3v) is 1.89. The van der Waals surface area contributed by atoms with Gasteiger partial charge in [-0.25, -0.2) is 0 Å². The van der Waals surface area contributed by atoms with Gasteiger partial charge in [0.2, 0.25) is 0 Å². The maximum Gasteiger partial charge on any atom is 0.124 e. The van der Waals surface area contributed by atoms with Crippen LogP contribution in [0.15, 0.2) is 30.3 Å². The van der Waals surface area contributed by atoms with Crippen LogP contribution in [0.25, 0.3) is 5.76 Å². The minimum absolute atomic E-state index is 0.104. The average Bonchev–Trinajstić information content (AvgIpc) is 2.17. The molecule has 1 aromatic rings. The molecular weight excluding hydrogens is 216 g/mol. The van der Waals surface area contributed by atoms with Gasteiger partial charge in [0.1, 0.15) is 11.5 Å². The first-order chi connectivity index (χ1) is 6.63. The topological polar surface area (TPSA) is 29.5 Å². The molecule has 0 aliphatic rings. The van der Waals surface area contributed by atoms with Gasteiger partial charge in [0, 0.05) is 11.6 Å². The van der Waals surface area contributed by atoms with Crippen molar-refractivity contribution in [3.63, 3.8) is 0 Å². The molecule has 0 fully saturated rings. The Labute approximate surface area is 93.6 Å². The summed E-state index contributed by atoms with van der Waals surface area (Å²) in [5.74, 6) is 0.850. The van der Waals surface area contributed by atoms with Gasteiger partial charge in [-0.3, -0.25) is 0 Å². The number of ether oxygens (including phenoxy) is 1. The Morgan fingerprint density at radius 3 is 2.43 bits per heavy atom. The van der Waals surface area contributed by atoms with E-state index in [9.17, 15) is 5.11 Å². The number of aliphatic hydroxyl groups is 1. The summed E-state index contributed by atoms with van der Waals surface area (Å²) in [4.78, 5) is 0. The predicted molar refractivity (Wildman–Crippen MR) is 65.2 cm³/mol. The molecule has 0 atom stereocenters. The zero-order chi connectivity index (χ0) is 10.6. The number of hydrogen-bond acceptors (Lipinski definition) is 3. The summed E-state index contributed by atoms with van der Waals surface area (Å²) < 4.78 is 5.33. The molecule has 0 aliphatic carbocycles. The van der Waals surface area contributed by atoms with Crippen molar-refractivity contribution in [2.24, 2.45) is 0 Å². The average molecular weight is 226 g/mol. The van der Waals surface area contributed by atoms with Crippen LogP contribution in [0, 0.1) is 0 Å². The standard InChI is InChI=1S/C10H10O2S2/c1-12-8-4-2-7(3-5-8)9(11)6-10(13)14/h2-6,11H,1H3,(H,13,14). The van der Waals surface area contributed by atoms with E-state index < -0.39 is 0 Å². The van der Waals surface area contributed by atoms with Crippen molar-refractivity contribution in [1.82, 2.24) is 0 Å². The highest BCUT2D eigenvalue weighted by molar-refractivity contribution is 8.11. The number of methoxy groups -OCH3 is 1. The van der Waals surface area contributed by atoms with E-state index in [0.717, 1.165) is 5.75 Å². The van der Waals surface area contributed by atoms with Gasteiger partial charge >= 0.3 is 0 Å². The zero-order valence-electron chi connectivity index (χ0n) is 7.60. The van der Waals surface area contributed by atoms with Gasteiger partial charge in [0.25, 0.3) is 0 Å². The first kappa shape index (κ1) is 11.1. The van der Waals surface area contributed by atoms with Gasteiger partial charge in [-0.05, 0) is 24.3 Å². The van der Waals surface area contributed by atoms with Crippen LogP contribution < -0.4 is 4.74 Å². The molecule has 0 amide bonds. The van der Waals surface area contributed by atoms with Crippen molar-refractivity contribution in [3.05, 3.63) is 35.9 Å². The van der Waals surface area contributed by atoms with E-state index in [1.54, 1.807) is 31.4 Å². The monoisotopic (exact) mass is 226 g/mol. The first-order valence-corrected chi connectivity index (χ1v) is 4.77. The summed E-state index contributed by atoms with van der Waals surface area (Å²) >= 11 is 8.62. The van der Waals surface area contributed by atoms with Crippen LogP contribution >= 0.6 is 24.8 Å². The quantitative estimate of drug-likeness (QED) is 0.359. The van der Waals surface area contributed by atoms with E-state index in [-0.39, 0.29) is 5.76 Å². The maximum absolute atomic E-state index is 9.54. The number of thiocarbonyl (C=S) groups is 1. The largest absolute Gasteiger partial charge is 0.507 e. The molecule has 1 aromatic carbocycles. The lowest BCUT2D eigenvalue weighted by molar-refractivity contribution is 0.414. The number of hydrogen-bond donors (Lipinski definition) is 2. The van der Waals surface area contributed by atoms with E-state index in [1.165, 1.54) is 6.08 Å². The normalized spacial score (nSPS) is 11.1. The fraction of sp³-hybridized carbons (Fsp3) is 0.100. The summed E-state index contributed by atoms with van der Waals surface area (Å²) in [5, 5.41) is 9.54. The van der Waals surface area contributed by atoms with Gasteiger partial charge in [0.15, 0.2) is 0 Å². The van der Waals surface area contributed by atoms with Gasteiger partial charge < -0.3 is 9.84 Å². The van der Waals surface area contributed by atoms with Gasteiger partial charge in [0.05, 0.1) is 11.3 Å². The zero-order valence-corrected chi connectivity index (χ0v) is 9.31. The highest BCUT2D eigenvalue weighted by atomic mass is 32.1. The van der Waals surface area contributed by atoms with E-state index >= 15 is 0 Å². The van der Waals surface area contributed by atoms with Crippen LogP contribution in [0.3, 0.4) is 0 Å². The molecule has 0 heterocycles. The highest BCUT2D eigenvalue weighted by Crippen LogP contribution is 2.16. The Morgan fingerprint density at radius 2 is 2.00 bits per heavy atom. The molecule has 0 saturated carbocycles. The Hall–Kier alpha value is -1.00. The molecule has 2 nitrogen and oxygen atoms in total. The minimum Gasteiger partial charge on any atom is -0.507 e. The molecular formula is C10H10O2S2. The molecule has 14 heavy (non-hydrogen) atoms. The molecule has 0 radical (unpaired) electrons. The Bertz CT molecular complexity index is 355. The van der Waals surface area contributed by atoms with Crippen LogP contribution in [-0.2, 0) is 0 Å². The highest BCUT2D eigenvalue weighted by Gasteiger charge is 1.99. The Balaban J connectivity index is 2.92. The number of aliphatic hydroxyl groups excluding tert-OH is 1. The molecule has 0 spiro atoms. The number of thiol groups is 1. The molecule has 4 heteroatoms. The van der Waals surface area contributed by atoms with E-state index in [4.69, 9.17) is 17.0 Å². The SMILES string of the molecule is COc1ccc(C(O)=CC(=S)S)cc1. The third-order valence-electron chi connectivity index (χ3n) is 1.65. The van der Waals surface area contributed by atoms with Crippen molar-refractivity contribution in [2.75, 3.05) is 7.11 Å². The lowest BCUT2D eigenvalue weighted by atomic mass is 10.2. The fourth-order valence-corrected chi connectivity index (χ4v) is 1.20. The van der Waals surface area contributed by atoms with Crippen LogP contribution in [0.5, 0.6) is 5.75 Å². The second-order valence-electron chi connectivity index (χ2n) is 2.60. The van der Waals surface area contributed by atoms with Gasteiger partial charge in [-0.1, -0.05) is 12.2 Å². The van der Waals surface area contributed by atoms with Crippen LogP contribution in [0.1, 0.15) is 5.56 Å². The van der Waals surface area contributed by atoms with Crippen molar-refractivity contribution in [2.45, 2.75) is 0 Å². The minimum atomic E-state index is 0.104. The van der Waals surface area contributed by atoms with Crippen molar-refractivity contribution < 1.29 is 9.84 Å². The summed E-state index contributed by atoms with van der Waals surface area (Å²) in [5.41, 5.74) is 0.683. The van der Waals surface area contributed by atoms with Gasteiger partial charge in [-0.15, -0.1) is 12.6 Å². The van der Waals surface area contributed by atoms with Crippen molar-refractivity contribution >= 4 is 34.8 Å². The van der Waals surface area contributed by atoms with Crippen molar-refractivity contribution in [3.8, 4) is 5.75 Å². The molecule has 0 bridgehead atoms. The first-order valence-electron chi connectivity index (χ1n) is 3.91. The van der Waals surface area contributed by atoms with E-state index in [2.05, 4.69) is 12.6 Å². The van der Waals surface area contributed by atoms with Crippen LogP contribution in [0.4, 0.5) is 0 Å². The van der Waals surface area contributed by atoms with Crippen LogP contribution in [0.2, 0.25) is 0 Å². The second kappa shape index (κ2) is 5.02. The number of benzene rings is 1. The summed E-state index contributed by atoms with van der Waals surface area (Å²) in [7, 11) is 1.59. The summed E-state index contributed by atoms with van der Waals surface area (Å²) in [6, 6.07) is 7.02. The maximum atomic E-state index is 9.54. The molecule has 0 unspecified atom stereocenters. The number of rotatable bonds is 3. The molecule has 1 N–H and O–H groups in total. The smallest absolute Gasteiger partial charge is 0.124 e. The van der Waals surface area contributed by atoms with E-state index in [1.807, 2.05) is 0 Å². The lowest BCUT2D eigenvalue weighted by Gasteiger charge is -2.02. The molecule has 0 aliphatic heterocycles. The van der Waals surface area contributed by atoms with Crippen LogP contribution in [-0.4, -0.2) is 16.4 Å². The van der Waals surface area contributed by atoms with E-state index in [0.29, 0.717) is 9.76 Å². The fourth-order valence-electron chi connectivity index (χ4n) is 0.962. The summed E-state index contributed by atoms with van der Waals surface area (Å²) in [6.07, 6.45) is 1.42. The predicted octanol–water partition coefficient (Wildman–Crippen LogP) is 2.85. The molecule has 1 rings (SSSR count). The molecule has 0 saturated heterocycles. The second-order valence-corrected chi connectivity index (χ2v) is 3.82. The van der Waals surface area contributed by atoms with Crippen molar-refractivity contribution in [1.29, 1.82) is 0 Å².